The first-order valence-electron chi connectivity index (χ1n) is 4.60. The van der Waals surface area contributed by atoms with Crippen LogP contribution in [0.1, 0.15) is 20.8 Å². The van der Waals surface area contributed by atoms with Crippen molar-refractivity contribution in [3.8, 4) is 0 Å². The van der Waals surface area contributed by atoms with Crippen LogP contribution in [0.5, 0.6) is 0 Å². The average molecular weight is 336 g/mol. The van der Waals surface area contributed by atoms with E-state index in [4.69, 9.17) is 15.3 Å². The van der Waals surface area contributed by atoms with Gasteiger partial charge in [0.2, 0.25) is 0 Å². The molecule has 3 N–H and O–H groups in total. The van der Waals surface area contributed by atoms with Crippen molar-refractivity contribution >= 4 is 17.9 Å². The fourth-order valence-electron chi connectivity index (χ4n) is 0. The molecule has 108 valence electrons. The molecule has 3 atom stereocenters. The second kappa shape index (κ2) is 23.6. The molecule has 0 spiro atoms. The molecule has 0 fully saturated rings. The van der Waals surface area contributed by atoms with Crippen LogP contribution in [0, 0.1) is 0 Å². The van der Waals surface area contributed by atoms with Gasteiger partial charge >= 0.3 is 88.7 Å². The maximum atomic E-state index is 9.34. The van der Waals surface area contributed by atoms with E-state index < -0.39 is 36.2 Å². The van der Waals surface area contributed by atoms with Gasteiger partial charge in [0.25, 0.3) is 0 Å². The molecule has 0 saturated carbocycles. The molecule has 0 rings (SSSR count). The van der Waals surface area contributed by atoms with Crippen LogP contribution in [-0.2, 0) is 14.4 Å². The third kappa shape index (κ3) is 44.9. The van der Waals surface area contributed by atoms with E-state index in [2.05, 4.69) is 0 Å². The molecule has 9 nitrogen and oxygen atoms in total. The second-order valence-corrected chi connectivity index (χ2v) is 2.99. The Balaban J connectivity index is -0.0000000375. The van der Waals surface area contributed by atoms with E-state index >= 15 is 0 Å². The van der Waals surface area contributed by atoms with Crippen molar-refractivity contribution in [1.82, 2.24) is 0 Å². The van der Waals surface area contributed by atoms with Crippen molar-refractivity contribution < 1.29 is 134 Å². The minimum atomic E-state index is -1.44. The third-order valence-corrected chi connectivity index (χ3v) is 1.02. The minimum Gasteiger partial charge on any atom is -0.547 e. The monoisotopic (exact) mass is 336 g/mol. The fraction of sp³-hybridized carbons (Fsp3) is 0.667. The molecule has 12 heteroatoms. The molecule has 0 aromatic rings. The number of carboxylic acid groups (broad SMARTS) is 3. The Hall–Kier alpha value is 1.29. The molecule has 0 radical (unpaired) electrons. The molecule has 0 heterocycles. The number of aliphatic carboxylic acids is 3. The zero-order chi connectivity index (χ0) is 15.5. The minimum absolute atomic E-state index is 0. The van der Waals surface area contributed by atoms with Crippen LogP contribution in [0.15, 0.2) is 0 Å². The van der Waals surface area contributed by atoms with Crippen LogP contribution in [0.4, 0.5) is 0 Å². The maximum absolute atomic E-state index is 9.34. The van der Waals surface area contributed by atoms with Gasteiger partial charge in [0, 0.05) is 0 Å². The first-order chi connectivity index (χ1) is 7.93. The van der Waals surface area contributed by atoms with E-state index in [0.29, 0.717) is 0 Å². The van der Waals surface area contributed by atoms with Gasteiger partial charge in [0.05, 0.1) is 36.2 Å². The van der Waals surface area contributed by atoms with Gasteiger partial charge in [0.15, 0.2) is 0 Å². The average Bonchev–Trinajstić information content (AvgIpc) is 2.18. The second-order valence-electron chi connectivity index (χ2n) is 2.99. The van der Waals surface area contributed by atoms with Gasteiger partial charge in [-0.3, -0.25) is 0 Å². The number of hydrogen-bond donors (Lipinski definition) is 3. The van der Waals surface area contributed by atoms with Gasteiger partial charge in [-0.1, -0.05) is 0 Å². The Morgan fingerprint density at radius 2 is 0.667 bits per heavy atom. The number of rotatable bonds is 3. The summed E-state index contributed by atoms with van der Waals surface area (Å²) in [7, 11) is 0. The molecule has 0 aromatic heterocycles. The van der Waals surface area contributed by atoms with Gasteiger partial charge in [-0.2, -0.15) is 0 Å². The number of carboxylic acids is 3. The van der Waals surface area contributed by atoms with Gasteiger partial charge in [-0.05, 0) is 20.8 Å². The summed E-state index contributed by atoms with van der Waals surface area (Å²) in [6.45, 7) is 3.40. The zero-order valence-electron chi connectivity index (χ0n) is 13.0. The van der Waals surface area contributed by atoms with Gasteiger partial charge < -0.3 is 45.0 Å². The van der Waals surface area contributed by atoms with Crippen molar-refractivity contribution in [3.63, 3.8) is 0 Å². The normalized spacial score (nSPS) is 11.7. The first-order valence-corrected chi connectivity index (χ1v) is 4.60. The smallest absolute Gasteiger partial charge is 0.547 e. The third-order valence-electron chi connectivity index (χ3n) is 1.02. The van der Waals surface area contributed by atoms with E-state index in [1.165, 1.54) is 0 Å². The molecule has 0 aliphatic rings. The summed E-state index contributed by atoms with van der Waals surface area (Å²) < 4.78 is 0. The molecule has 0 amide bonds. The SMILES string of the molecule is CC(O)C(=O)[O-].CC(O)C(=O)[O-].CC(O)C(=O)[O-].[Na+].[Na+].[Na+]. The summed E-state index contributed by atoms with van der Waals surface area (Å²) in [5.41, 5.74) is 0. The van der Waals surface area contributed by atoms with E-state index in [-0.39, 0.29) is 88.7 Å². The van der Waals surface area contributed by atoms with Crippen LogP contribution in [-0.4, -0.2) is 51.5 Å². The molecule has 0 aromatic carbocycles. The summed E-state index contributed by atoms with van der Waals surface area (Å²) in [6, 6.07) is 0. The molecule has 0 aliphatic carbocycles. The standard InChI is InChI=1S/3C3H6O3.3Na/c3*1-2(4)3(5)6;;;/h3*2,4H,1H3,(H,5,6);;;/q;;;3*+1/p-3. The van der Waals surface area contributed by atoms with E-state index in [1.54, 1.807) is 0 Å². The van der Waals surface area contributed by atoms with Crippen LogP contribution < -0.4 is 104 Å². The molecule has 0 saturated heterocycles. The summed E-state index contributed by atoms with van der Waals surface area (Å²) >= 11 is 0. The van der Waals surface area contributed by atoms with E-state index in [1.807, 2.05) is 0 Å². The van der Waals surface area contributed by atoms with Crippen LogP contribution in [0.3, 0.4) is 0 Å². The Labute approximate surface area is 188 Å². The van der Waals surface area contributed by atoms with Gasteiger partial charge in [0.1, 0.15) is 0 Å². The van der Waals surface area contributed by atoms with E-state index in [9.17, 15) is 29.7 Å². The van der Waals surface area contributed by atoms with Crippen molar-refractivity contribution in [2.24, 2.45) is 0 Å². The summed E-state index contributed by atoms with van der Waals surface area (Å²) in [4.78, 5) is 28.0. The van der Waals surface area contributed by atoms with Crippen molar-refractivity contribution in [2.45, 2.75) is 39.1 Å². The van der Waals surface area contributed by atoms with Crippen LogP contribution in [0.2, 0.25) is 0 Å². The molecule has 21 heavy (non-hydrogen) atoms. The zero-order valence-corrected chi connectivity index (χ0v) is 19.0. The summed E-state index contributed by atoms with van der Waals surface area (Å²) in [6.07, 6.45) is -4.03. The molecule has 0 aliphatic heterocycles. The van der Waals surface area contributed by atoms with Crippen LogP contribution in [0.25, 0.3) is 0 Å². The first kappa shape index (κ1) is 38.1. The van der Waals surface area contributed by atoms with Crippen LogP contribution >= 0.6 is 0 Å². The largest absolute Gasteiger partial charge is 1.00 e. The van der Waals surface area contributed by atoms with Crippen molar-refractivity contribution in [2.75, 3.05) is 0 Å². The quantitative estimate of drug-likeness (QED) is 0.421. The van der Waals surface area contributed by atoms with Gasteiger partial charge in [-0.15, -0.1) is 0 Å². The number of aliphatic hydroxyl groups is 3. The number of aliphatic hydroxyl groups excluding tert-OH is 3. The number of carbonyl (C=O) groups excluding carboxylic acids is 3. The molecular weight excluding hydrogens is 321 g/mol. The molecular formula is C9H15Na3O9. The summed E-state index contributed by atoms with van der Waals surface area (Å²) in [5, 5.41) is 51.9. The summed E-state index contributed by atoms with van der Waals surface area (Å²) in [5.74, 6) is -4.31. The number of carbonyl (C=O) groups is 3. The molecule has 3 unspecified atom stereocenters. The van der Waals surface area contributed by atoms with Crippen molar-refractivity contribution in [3.05, 3.63) is 0 Å². The fourth-order valence-corrected chi connectivity index (χ4v) is 0. The Bertz CT molecular complexity index is 226. The Morgan fingerprint density at radius 3 is 0.667 bits per heavy atom. The van der Waals surface area contributed by atoms with Gasteiger partial charge in [-0.25, -0.2) is 0 Å². The topological polar surface area (TPSA) is 181 Å². The predicted octanol–water partition coefficient (Wildman–Crippen LogP) is -14.6. The Kier molecular flexibility index (Phi) is 42.7. The molecule has 0 bridgehead atoms. The predicted molar refractivity (Wildman–Crippen MR) is 50.1 cm³/mol. The van der Waals surface area contributed by atoms with E-state index in [0.717, 1.165) is 20.8 Å². The van der Waals surface area contributed by atoms with Crippen molar-refractivity contribution in [1.29, 1.82) is 0 Å². The maximum Gasteiger partial charge on any atom is 1.00 e. The number of hydrogen-bond acceptors (Lipinski definition) is 9. The Morgan fingerprint density at radius 1 is 0.619 bits per heavy atom.